The summed E-state index contributed by atoms with van der Waals surface area (Å²) in [5.41, 5.74) is 3.31. The fourth-order valence-electron chi connectivity index (χ4n) is 7.06. The second kappa shape index (κ2) is 9.95. The highest BCUT2D eigenvalue weighted by Gasteiger charge is 2.58. The lowest BCUT2D eigenvalue weighted by Crippen LogP contribution is -2.48. The SMILES string of the molecule is CC1=C2B(O)O[C@H](c3ccc(O)c(F)c3)C[C@H]2[C@H]2C(=O)N(C3CCN(Cc4ccccc4)CC3)C(=O)[C@H]2C1. The van der Waals surface area contributed by atoms with Crippen molar-refractivity contribution in [3.63, 3.8) is 0 Å². The van der Waals surface area contributed by atoms with Crippen molar-refractivity contribution < 1.29 is 28.8 Å². The number of carbonyl (C=O) groups is 2. The number of rotatable bonds is 4. The second-order valence-corrected chi connectivity index (χ2v) is 11.1. The van der Waals surface area contributed by atoms with Crippen LogP contribution in [0.3, 0.4) is 0 Å². The number of halogens is 1. The minimum Gasteiger partial charge on any atom is -0.505 e. The zero-order chi connectivity index (χ0) is 26.6. The van der Waals surface area contributed by atoms with E-state index in [9.17, 15) is 24.1 Å². The first-order valence-electron chi connectivity index (χ1n) is 13.5. The van der Waals surface area contributed by atoms with E-state index in [1.807, 2.05) is 25.1 Å². The van der Waals surface area contributed by atoms with Crippen molar-refractivity contribution in [2.45, 2.75) is 51.3 Å². The molecular weight excluding hydrogens is 486 g/mol. The van der Waals surface area contributed by atoms with E-state index < -0.39 is 36.6 Å². The van der Waals surface area contributed by atoms with Crippen LogP contribution in [0.2, 0.25) is 0 Å². The van der Waals surface area contributed by atoms with Crippen molar-refractivity contribution in [1.29, 1.82) is 0 Å². The molecule has 0 spiro atoms. The molecule has 7 nitrogen and oxygen atoms in total. The predicted molar refractivity (Wildman–Crippen MR) is 139 cm³/mol. The normalized spacial score (nSPS) is 28.6. The van der Waals surface area contributed by atoms with Crippen LogP contribution in [-0.4, -0.2) is 58.0 Å². The Balaban J connectivity index is 1.20. The minimum absolute atomic E-state index is 0.104. The molecule has 0 aromatic heterocycles. The first-order chi connectivity index (χ1) is 18.3. The zero-order valence-electron chi connectivity index (χ0n) is 21.4. The van der Waals surface area contributed by atoms with Crippen molar-refractivity contribution in [1.82, 2.24) is 9.80 Å². The molecule has 198 valence electrons. The maximum Gasteiger partial charge on any atom is 0.487 e. The lowest BCUT2D eigenvalue weighted by atomic mass is 9.55. The number of fused-ring (bicyclic) bond motifs is 3. The Labute approximate surface area is 222 Å². The van der Waals surface area contributed by atoms with E-state index in [2.05, 4.69) is 17.0 Å². The number of benzene rings is 2. The Kier molecular flexibility index (Phi) is 6.62. The smallest absolute Gasteiger partial charge is 0.487 e. The molecule has 0 saturated carbocycles. The van der Waals surface area contributed by atoms with Gasteiger partial charge in [-0.2, -0.15) is 0 Å². The molecule has 4 aliphatic rings. The summed E-state index contributed by atoms with van der Waals surface area (Å²) >= 11 is 0. The summed E-state index contributed by atoms with van der Waals surface area (Å²) < 4.78 is 19.9. The van der Waals surface area contributed by atoms with E-state index in [4.69, 9.17) is 4.65 Å². The average Bonchev–Trinajstić information content (AvgIpc) is 3.16. The zero-order valence-corrected chi connectivity index (χ0v) is 21.4. The number of imide groups is 1. The number of phenolic OH excluding ortho intramolecular Hbond substituents is 1. The van der Waals surface area contributed by atoms with Crippen LogP contribution in [-0.2, 0) is 20.8 Å². The summed E-state index contributed by atoms with van der Waals surface area (Å²) in [5.74, 6) is -2.83. The molecule has 9 heteroatoms. The number of amides is 2. The van der Waals surface area contributed by atoms with Crippen LogP contribution in [0.5, 0.6) is 5.75 Å². The molecule has 3 heterocycles. The van der Waals surface area contributed by atoms with Gasteiger partial charge >= 0.3 is 7.12 Å². The first-order valence-corrected chi connectivity index (χ1v) is 13.5. The van der Waals surface area contributed by atoms with E-state index in [0.29, 0.717) is 23.9 Å². The molecule has 0 unspecified atom stereocenters. The van der Waals surface area contributed by atoms with Gasteiger partial charge in [0.1, 0.15) is 0 Å². The van der Waals surface area contributed by atoms with Crippen molar-refractivity contribution in [3.05, 3.63) is 76.5 Å². The van der Waals surface area contributed by atoms with E-state index in [0.717, 1.165) is 38.0 Å². The number of phenols is 1. The molecule has 3 aliphatic heterocycles. The van der Waals surface area contributed by atoms with E-state index in [-0.39, 0.29) is 23.8 Å². The van der Waals surface area contributed by atoms with E-state index in [1.165, 1.54) is 22.6 Å². The van der Waals surface area contributed by atoms with Crippen molar-refractivity contribution in [3.8, 4) is 5.75 Å². The van der Waals surface area contributed by atoms with Gasteiger partial charge in [-0.15, -0.1) is 0 Å². The summed E-state index contributed by atoms with van der Waals surface area (Å²) in [6, 6.07) is 14.2. The maximum atomic E-state index is 14.1. The number of hydrogen-bond acceptors (Lipinski definition) is 6. The van der Waals surface area contributed by atoms with Gasteiger partial charge in [-0.1, -0.05) is 42.0 Å². The minimum atomic E-state index is -1.23. The fourth-order valence-corrected chi connectivity index (χ4v) is 7.06. The molecule has 2 amide bonds. The van der Waals surface area contributed by atoms with Gasteiger partial charge in [0.05, 0.1) is 17.9 Å². The molecule has 2 aromatic carbocycles. The second-order valence-electron chi connectivity index (χ2n) is 11.1. The molecule has 2 aromatic rings. The first kappa shape index (κ1) is 25.3. The average molecular weight is 518 g/mol. The van der Waals surface area contributed by atoms with Gasteiger partial charge in [0, 0.05) is 25.7 Å². The number of nitrogens with zero attached hydrogens (tertiary/aromatic N) is 2. The van der Waals surface area contributed by atoms with E-state index in [1.54, 1.807) is 6.07 Å². The Morgan fingerprint density at radius 2 is 1.79 bits per heavy atom. The summed E-state index contributed by atoms with van der Waals surface area (Å²) in [4.78, 5) is 31.4. The lowest BCUT2D eigenvalue weighted by Gasteiger charge is -2.41. The number of likely N-dealkylation sites (tertiary alicyclic amines) is 2. The summed E-state index contributed by atoms with van der Waals surface area (Å²) in [7, 11) is -1.23. The number of aromatic hydroxyl groups is 1. The van der Waals surface area contributed by atoms with Gasteiger partial charge in [0.15, 0.2) is 11.6 Å². The van der Waals surface area contributed by atoms with Crippen LogP contribution in [0.25, 0.3) is 0 Å². The monoisotopic (exact) mass is 518 g/mol. The molecule has 0 bridgehead atoms. The molecule has 38 heavy (non-hydrogen) atoms. The van der Waals surface area contributed by atoms with Crippen molar-refractivity contribution in [2.75, 3.05) is 13.1 Å². The number of hydrogen-bond donors (Lipinski definition) is 2. The van der Waals surface area contributed by atoms with Gasteiger partial charge in [-0.05, 0) is 67.3 Å². The molecule has 0 radical (unpaired) electrons. The molecule has 1 aliphatic carbocycles. The molecule has 3 saturated heterocycles. The largest absolute Gasteiger partial charge is 0.505 e. The summed E-state index contributed by atoms with van der Waals surface area (Å²) in [6.45, 7) is 4.39. The predicted octanol–water partition coefficient (Wildman–Crippen LogP) is 3.61. The maximum absolute atomic E-state index is 14.1. The highest BCUT2D eigenvalue weighted by atomic mass is 19.1. The topological polar surface area (TPSA) is 90.3 Å². The lowest BCUT2D eigenvalue weighted by molar-refractivity contribution is -0.144. The Hall–Kier alpha value is -3.01. The summed E-state index contributed by atoms with van der Waals surface area (Å²) in [6.07, 6.45) is 1.63. The van der Waals surface area contributed by atoms with E-state index >= 15 is 0 Å². The Morgan fingerprint density at radius 1 is 1.05 bits per heavy atom. The highest BCUT2D eigenvalue weighted by Crippen LogP contribution is 2.52. The third kappa shape index (κ3) is 4.36. The van der Waals surface area contributed by atoms with Gasteiger partial charge in [-0.25, -0.2) is 4.39 Å². The Morgan fingerprint density at radius 3 is 2.50 bits per heavy atom. The Bertz CT molecular complexity index is 1280. The fraction of sp³-hybridized carbons (Fsp3) is 0.448. The molecular formula is C29H32BFN2O5. The van der Waals surface area contributed by atoms with Crippen LogP contribution >= 0.6 is 0 Å². The van der Waals surface area contributed by atoms with Gasteiger partial charge < -0.3 is 14.8 Å². The third-order valence-corrected chi connectivity index (χ3v) is 8.90. The third-order valence-electron chi connectivity index (χ3n) is 8.90. The molecule has 6 rings (SSSR count). The number of piperidine rings is 1. The van der Waals surface area contributed by atoms with Gasteiger partial charge in [-0.3, -0.25) is 19.4 Å². The number of allylic oxidation sites excluding steroid dienone is 2. The quantitative estimate of drug-likeness (QED) is 0.475. The standard InChI is InChI=1S/C29H32BFN2O5/c1-17-13-22-26(21-15-25(38-30(37)27(17)21)19-7-8-24(34)23(31)14-19)29(36)33(28(22)35)20-9-11-32(12-10-20)16-18-5-3-2-4-6-18/h2-8,14,20-22,25-26,34,37H,9-13,15-16H2,1H3/t21-,22-,25-,26+/m0/s1. The molecule has 3 fully saturated rings. The number of carbonyl (C=O) groups excluding carboxylic acids is 2. The van der Waals surface area contributed by atoms with Crippen LogP contribution in [0, 0.1) is 23.6 Å². The van der Waals surface area contributed by atoms with Crippen LogP contribution < -0.4 is 0 Å². The summed E-state index contributed by atoms with van der Waals surface area (Å²) in [5, 5.41) is 20.5. The highest BCUT2D eigenvalue weighted by molar-refractivity contribution is 6.53. The van der Waals surface area contributed by atoms with Gasteiger partial charge in [0.25, 0.3) is 0 Å². The van der Waals surface area contributed by atoms with Crippen LogP contribution in [0.1, 0.15) is 49.8 Å². The van der Waals surface area contributed by atoms with Gasteiger partial charge in [0.2, 0.25) is 11.8 Å². The van der Waals surface area contributed by atoms with Crippen molar-refractivity contribution >= 4 is 18.9 Å². The van der Waals surface area contributed by atoms with Crippen LogP contribution in [0.15, 0.2) is 59.6 Å². The van der Waals surface area contributed by atoms with Crippen LogP contribution in [0.4, 0.5) is 4.39 Å². The molecule has 2 N–H and O–H groups in total. The molecule has 4 atom stereocenters. The van der Waals surface area contributed by atoms with Crippen molar-refractivity contribution in [2.24, 2.45) is 17.8 Å².